The van der Waals surface area contributed by atoms with Crippen LogP contribution >= 0.6 is 11.3 Å². The van der Waals surface area contributed by atoms with Crippen molar-refractivity contribution in [1.82, 2.24) is 14.9 Å². The van der Waals surface area contributed by atoms with Crippen LogP contribution in [0.4, 0.5) is 5.95 Å². The maximum absolute atomic E-state index is 12.8. The number of hydrogen-bond donors (Lipinski definition) is 1. The molecule has 0 unspecified atom stereocenters. The van der Waals surface area contributed by atoms with Crippen LogP contribution in [0.15, 0.2) is 29.9 Å². The highest BCUT2D eigenvalue weighted by Crippen LogP contribution is 2.25. The number of rotatable bonds is 4. The molecule has 1 atom stereocenters. The lowest BCUT2D eigenvalue weighted by Gasteiger charge is -2.39. The highest BCUT2D eigenvalue weighted by Gasteiger charge is 2.36. The van der Waals surface area contributed by atoms with Crippen LogP contribution < -0.4 is 4.90 Å². The van der Waals surface area contributed by atoms with Crippen molar-refractivity contribution in [2.45, 2.75) is 25.8 Å². The Kier molecular flexibility index (Phi) is 4.98. The Morgan fingerprint density at radius 3 is 2.60 bits per heavy atom. The number of amides is 1. The minimum Gasteiger partial charge on any atom is -0.480 e. The Morgan fingerprint density at radius 2 is 2.00 bits per heavy atom. The number of piperazine rings is 1. The molecule has 2 aromatic heterocycles. The van der Waals surface area contributed by atoms with E-state index in [4.69, 9.17) is 0 Å². The van der Waals surface area contributed by atoms with Crippen LogP contribution in [0.5, 0.6) is 0 Å². The maximum atomic E-state index is 12.8. The maximum Gasteiger partial charge on any atom is 0.328 e. The first-order valence-corrected chi connectivity index (χ1v) is 8.99. The molecule has 1 aliphatic heterocycles. The zero-order valence-corrected chi connectivity index (χ0v) is 14.9. The average Bonchev–Trinajstić information content (AvgIpc) is 3.12. The van der Waals surface area contributed by atoms with Gasteiger partial charge in [0.1, 0.15) is 6.04 Å². The Labute approximate surface area is 149 Å². The number of carboxylic acid groups (broad SMARTS) is 1. The number of carbonyl (C=O) groups is 2. The molecule has 0 radical (unpaired) electrons. The lowest BCUT2D eigenvalue weighted by Crippen LogP contribution is -2.58. The molecule has 1 N–H and O–H groups in total. The molecule has 132 valence electrons. The molecule has 25 heavy (non-hydrogen) atoms. The lowest BCUT2D eigenvalue weighted by molar-refractivity contribution is -0.142. The lowest BCUT2D eigenvalue weighted by atomic mass is 10.1. The van der Waals surface area contributed by atoms with Crippen molar-refractivity contribution in [3.63, 3.8) is 0 Å². The second-order valence-electron chi connectivity index (χ2n) is 6.24. The zero-order chi connectivity index (χ0) is 18.0. The second-order valence-corrected chi connectivity index (χ2v) is 7.18. The largest absolute Gasteiger partial charge is 0.480 e. The molecule has 2 aromatic rings. The van der Waals surface area contributed by atoms with Crippen molar-refractivity contribution >= 4 is 29.2 Å². The number of nitrogens with zero attached hydrogens (tertiary/aromatic N) is 4. The van der Waals surface area contributed by atoms with Crippen molar-refractivity contribution in [2.75, 3.05) is 24.5 Å². The van der Waals surface area contributed by atoms with E-state index >= 15 is 0 Å². The smallest absolute Gasteiger partial charge is 0.328 e. The summed E-state index contributed by atoms with van der Waals surface area (Å²) in [5.74, 6) is -0.426. The van der Waals surface area contributed by atoms with Gasteiger partial charge in [-0.2, -0.15) is 0 Å². The molecular formula is C17H20N4O3S. The summed E-state index contributed by atoms with van der Waals surface area (Å²) in [4.78, 5) is 37.2. The van der Waals surface area contributed by atoms with E-state index in [1.165, 1.54) is 16.2 Å². The summed E-state index contributed by atoms with van der Waals surface area (Å²) < 4.78 is 0. The molecule has 0 bridgehead atoms. The molecule has 0 aromatic carbocycles. The van der Waals surface area contributed by atoms with Crippen molar-refractivity contribution in [3.8, 4) is 0 Å². The SMILES string of the molecule is CC(C)c1cc(C(=O)N2CCN(c3ncccn3)C[C@H]2C(=O)O)cs1. The number of carbonyl (C=O) groups excluding carboxylic acids is 1. The fraction of sp³-hybridized carbons (Fsp3) is 0.412. The van der Waals surface area contributed by atoms with Crippen molar-refractivity contribution in [3.05, 3.63) is 40.3 Å². The molecule has 7 nitrogen and oxygen atoms in total. The predicted molar refractivity (Wildman–Crippen MR) is 95.1 cm³/mol. The van der Waals surface area contributed by atoms with Gasteiger partial charge in [0, 0.05) is 35.7 Å². The van der Waals surface area contributed by atoms with Crippen LogP contribution in [-0.4, -0.2) is 57.5 Å². The number of aliphatic carboxylic acids is 1. The third-order valence-electron chi connectivity index (χ3n) is 4.20. The molecule has 1 aliphatic rings. The summed E-state index contributed by atoms with van der Waals surface area (Å²) in [5, 5.41) is 11.4. The van der Waals surface area contributed by atoms with Crippen LogP contribution in [0.2, 0.25) is 0 Å². The number of hydrogen-bond acceptors (Lipinski definition) is 6. The van der Waals surface area contributed by atoms with Crippen molar-refractivity contribution < 1.29 is 14.7 Å². The van der Waals surface area contributed by atoms with Gasteiger partial charge in [0.05, 0.1) is 12.1 Å². The first kappa shape index (κ1) is 17.3. The van der Waals surface area contributed by atoms with Gasteiger partial charge in [0.25, 0.3) is 5.91 Å². The third kappa shape index (κ3) is 3.63. The standard InChI is InChI=1S/C17H20N4O3S/c1-11(2)14-8-12(10-25-14)15(22)21-7-6-20(9-13(21)16(23)24)17-18-4-3-5-19-17/h3-5,8,10-11,13H,6-7,9H2,1-2H3,(H,23,24)/t13-/m0/s1. The van der Waals surface area contributed by atoms with Crippen LogP contribution in [-0.2, 0) is 4.79 Å². The Hall–Kier alpha value is -2.48. The third-order valence-corrected chi connectivity index (χ3v) is 5.43. The van der Waals surface area contributed by atoms with E-state index in [1.54, 1.807) is 23.4 Å². The van der Waals surface area contributed by atoms with Crippen LogP contribution in [0.1, 0.15) is 35.0 Å². The van der Waals surface area contributed by atoms with E-state index in [-0.39, 0.29) is 12.5 Å². The molecular weight excluding hydrogens is 340 g/mol. The van der Waals surface area contributed by atoms with E-state index in [9.17, 15) is 14.7 Å². The molecule has 1 saturated heterocycles. The van der Waals surface area contributed by atoms with Gasteiger partial charge in [0.2, 0.25) is 5.95 Å². The summed E-state index contributed by atoms with van der Waals surface area (Å²) in [6, 6.07) is 2.65. The number of aromatic nitrogens is 2. The number of carboxylic acids is 1. The van der Waals surface area contributed by atoms with E-state index in [1.807, 2.05) is 11.4 Å². The van der Waals surface area contributed by atoms with E-state index in [0.717, 1.165) is 4.88 Å². The molecule has 0 spiro atoms. The van der Waals surface area contributed by atoms with Gasteiger partial charge >= 0.3 is 5.97 Å². The molecule has 1 amide bonds. The normalized spacial score (nSPS) is 17.8. The number of anilines is 1. The van der Waals surface area contributed by atoms with Crippen LogP contribution in [0, 0.1) is 0 Å². The van der Waals surface area contributed by atoms with Gasteiger partial charge in [0.15, 0.2) is 0 Å². The highest BCUT2D eigenvalue weighted by atomic mass is 32.1. The fourth-order valence-electron chi connectivity index (χ4n) is 2.81. The minimum atomic E-state index is -1.02. The van der Waals surface area contributed by atoms with E-state index < -0.39 is 12.0 Å². The topological polar surface area (TPSA) is 86.6 Å². The molecule has 0 aliphatic carbocycles. The molecule has 8 heteroatoms. The quantitative estimate of drug-likeness (QED) is 0.898. The first-order valence-electron chi connectivity index (χ1n) is 8.11. The summed E-state index contributed by atoms with van der Waals surface area (Å²) >= 11 is 1.53. The van der Waals surface area contributed by atoms with Gasteiger partial charge in [-0.05, 0) is 18.1 Å². The van der Waals surface area contributed by atoms with E-state index in [2.05, 4.69) is 23.8 Å². The first-order chi connectivity index (χ1) is 12.0. The Balaban J connectivity index is 1.79. The Morgan fingerprint density at radius 1 is 1.28 bits per heavy atom. The predicted octanol–water partition coefficient (Wildman–Crippen LogP) is 2.08. The monoisotopic (exact) mass is 360 g/mol. The second kappa shape index (κ2) is 7.18. The van der Waals surface area contributed by atoms with Gasteiger partial charge in [-0.1, -0.05) is 13.8 Å². The van der Waals surface area contributed by atoms with Gasteiger partial charge in [-0.3, -0.25) is 4.79 Å². The fourth-order valence-corrected chi connectivity index (χ4v) is 3.71. The Bertz CT molecular complexity index is 762. The van der Waals surface area contributed by atoms with Crippen LogP contribution in [0.25, 0.3) is 0 Å². The van der Waals surface area contributed by atoms with Crippen molar-refractivity contribution in [1.29, 1.82) is 0 Å². The summed E-state index contributed by atoms with van der Waals surface area (Å²) in [5.41, 5.74) is 0.560. The summed E-state index contributed by atoms with van der Waals surface area (Å²) in [6.45, 7) is 5.13. The van der Waals surface area contributed by atoms with Gasteiger partial charge in [-0.25, -0.2) is 14.8 Å². The number of thiophene rings is 1. The van der Waals surface area contributed by atoms with Gasteiger partial charge < -0.3 is 14.9 Å². The zero-order valence-electron chi connectivity index (χ0n) is 14.1. The van der Waals surface area contributed by atoms with E-state index in [0.29, 0.717) is 30.5 Å². The molecule has 3 heterocycles. The molecule has 0 saturated carbocycles. The highest BCUT2D eigenvalue weighted by molar-refractivity contribution is 7.10. The molecule has 1 fully saturated rings. The summed E-state index contributed by atoms with van der Waals surface area (Å²) in [6.07, 6.45) is 3.24. The van der Waals surface area contributed by atoms with Crippen LogP contribution in [0.3, 0.4) is 0 Å². The van der Waals surface area contributed by atoms with Gasteiger partial charge in [-0.15, -0.1) is 11.3 Å². The molecule has 3 rings (SSSR count). The van der Waals surface area contributed by atoms with Crippen molar-refractivity contribution in [2.24, 2.45) is 0 Å². The minimum absolute atomic E-state index is 0.173. The summed E-state index contributed by atoms with van der Waals surface area (Å²) in [7, 11) is 0. The average molecular weight is 360 g/mol.